The van der Waals surface area contributed by atoms with Gasteiger partial charge in [0.15, 0.2) is 0 Å². The number of nitrogens with one attached hydrogen (secondary N) is 1. The first kappa shape index (κ1) is 23.8. The average Bonchev–Trinajstić information content (AvgIpc) is 3.53. The van der Waals surface area contributed by atoms with Crippen LogP contribution in [0.2, 0.25) is 0 Å². The van der Waals surface area contributed by atoms with Crippen molar-refractivity contribution in [2.45, 2.75) is 12.5 Å². The van der Waals surface area contributed by atoms with E-state index in [-0.39, 0.29) is 23.7 Å². The van der Waals surface area contributed by atoms with Crippen LogP contribution in [-0.4, -0.2) is 88.7 Å². The maximum atomic E-state index is 13.1. The average molecular weight is 489 g/mol. The summed E-state index contributed by atoms with van der Waals surface area (Å²) in [6, 6.07) is 9.44. The van der Waals surface area contributed by atoms with Gasteiger partial charge in [0.05, 0.1) is 11.8 Å². The Morgan fingerprint density at radius 3 is 2.44 bits per heavy atom. The maximum Gasteiger partial charge on any atom is 0.255 e. The highest BCUT2D eigenvalue weighted by Gasteiger charge is 2.29. The molecule has 0 bridgehead atoms. The second kappa shape index (κ2) is 9.98. The number of nitrogens with two attached hydrogens (primary N) is 1. The summed E-state index contributed by atoms with van der Waals surface area (Å²) in [5.74, 6) is -0.135. The number of carbonyl (C=O) groups is 2. The Kier molecular flexibility index (Phi) is 6.60. The van der Waals surface area contributed by atoms with Crippen molar-refractivity contribution in [3.05, 3.63) is 60.0 Å². The van der Waals surface area contributed by atoms with E-state index in [9.17, 15) is 9.59 Å². The molecule has 3 N–H and O–H groups in total. The van der Waals surface area contributed by atoms with Crippen LogP contribution in [0.1, 0.15) is 27.1 Å². The van der Waals surface area contributed by atoms with Crippen molar-refractivity contribution < 1.29 is 9.59 Å². The molecule has 2 fully saturated rings. The van der Waals surface area contributed by atoms with Crippen LogP contribution < -0.4 is 16.0 Å². The summed E-state index contributed by atoms with van der Waals surface area (Å²) in [6.07, 6.45) is 5.89. The van der Waals surface area contributed by atoms with E-state index in [1.807, 2.05) is 37.5 Å². The van der Waals surface area contributed by atoms with Crippen molar-refractivity contribution in [2.75, 3.05) is 56.9 Å². The number of amides is 2. The van der Waals surface area contributed by atoms with E-state index in [4.69, 9.17) is 5.73 Å². The lowest BCUT2D eigenvalue weighted by Gasteiger charge is -2.34. The number of benzene rings is 1. The molecule has 0 unspecified atom stereocenters. The summed E-state index contributed by atoms with van der Waals surface area (Å²) < 4.78 is 1.69. The van der Waals surface area contributed by atoms with Crippen molar-refractivity contribution in [3.8, 4) is 11.1 Å². The topological polar surface area (TPSA) is 113 Å². The van der Waals surface area contributed by atoms with E-state index in [0.29, 0.717) is 30.6 Å². The molecule has 2 aliphatic heterocycles. The highest BCUT2D eigenvalue weighted by atomic mass is 16.2. The molecule has 0 radical (unpaired) electrons. The third kappa shape index (κ3) is 5.03. The van der Waals surface area contributed by atoms with E-state index in [2.05, 4.69) is 32.2 Å². The fourth-order valence-electron chi connectivity index (χ4n) is 4.77. The van der Waals surface area contributed by atoms with Crippen molar-refractivity contribution in [1.82, 2.24) is 29.9 Å². The first-order valence-electron chi connectivity index (χ1n) is 12.3. The lowest BCUT2D eigenvalue weighted by Crippen LogP contribution is -2.44. The number of carbonyl (C=O) groups excluding carboxylic acids is 2. The summed E-state index contributed by atoms with van der Waals surface area (Å²) >= 11 is 0. The number of aryl methyl sites for hydroxylation is 1. The zero-order valence-electron chi connectivity index (χ0n) is 20.7. The Morgan fingerprint density at radius 2 is 1.75 bits per heavy atom. The molecule has 2 amide bonds. The molecule has 3 aromatic rings. The summed E-state index contributed by atoms with van der Waals surface area (Å²) in [4.78, 5) is 36.8. The lowest BCUT2D eigenvalue weighted by atomic mass is 10.1. The van der Waals surface area contributed by atoms with E-state index in [1.165, 1.54) is 0 Å². The molecule has 2 saturated heterocycles. The molecule has 188 valence electrons. The standard InChI is InChI=1S/C26H32N8O2/c1-31-9-11-33(12-10-31)22-5-3-18(4-6-22)26(36)34-8-7-21(17-34)30-25(35)23-13-19(14-28-24(23)27)20-15-29-32(2)16-20/h3-6,13-16,21H,7-12,17H2,1-2H3,(H2,27,28)(H,30,35)/t21-/m1/s1. The second-order valence-electron chi connectivity index (χ2n) is 9.61. The molecule has 2 aromatic heterocycles. The van der Waals surface area contributed by atoms with Crippen LogP contribution in [-0.2, 0) is 7.05 Å². The van der Waals surface area contributed by atoms with Crippen LogP contribution >= 0.6 is 0 Å². The van der Waals surface area contributed by atoms with Gasteiger partial charge < -0.3 is 25.8 Å². The van der Waals surface area contributed by atoms with Gasteiger partial charge in [-0.05, 0) is 43.8 Å². The zero-order valence-corrected chi connectivity index (χ0v) is 20.7. The Bertz CT molecular complexity index is 1250. The van der Waals surface area contributed by atoms with Crippen molar-refractivity contribution in [2.24, 2.45) is 7.05 Å². The fraction of sp³-hybridized carbons (Fsp3) is 0.385. The van der Waals surface area contributed by atoms with Gasteiger partial charge >= 0.3 is 0 Å². The van der Waals surface area contributed by atoms with E-state index < -0.39 is 0 Å². The number of anilines is 2. The van der Waals surface area contributed by atoms with E-state index in [1.54, 1.807) is 28.0 Å². The number of nitrogen functional groups attached to an aromatic ring is 1. The number of piperazine rings is 1. The first-order chi connectivity index (χ1) is 17.4. The number of pyridine rings is 1. The molecular weight excluding hydrogens is 456 g/mol. The van der Waals surface area contributed by atoms with Crippen LogP contribution in [0, 0.1) is 0 Å². The minimum Gasteiger partial charge on any atom is -0.383 e. The van der Waals surface area contributed by atoms with Crippen LogP contribution in [0.5, 0.6) is 0 Å². The normalized spacial score (nSPS) is 18.4. The Balaban J connectivity index is 1.19. The number of aromatic nitrogens is 3. The molecule has 36 heavy (non-hydrogen) atoms. The van der Waals surface area contributed by atoms with Crippen LogP contribution in [0.25, 0.3) is 11.1 Å². The number of hydrogen-bond donors (Lipinski definition) is 2. The highest BCUT2D eigenvalue weighted by Crippen LogP contribution is 2.23. The fourth-order valence-corrected chi connectivity index (χ4v) is 4.77. The van der Waals surface area contributed by atoms with Gasteiger partial charge in [-0.25, -0.2) is 4.98 Å². The number of likely N-dealkylation sites (tertiary alicyclic amines) is 1. The molecule has 4 heterocycles. The van der Waals surface area contributed by atoms with Crippen LogP contribution in [0.3, 0.4) is 0 Å². The number of nitrogens with zero attached hydrogens (tertiary/aromatic N) is 6. The van der Waals surface area contributed by atoms with Crippen molar-refractivity contribution in [3.63, 3.8) is 0 Å². The van der Waals surface area contributed by atoms with Gasteiger partial charge in [-0.1, -0.05) is 0 Å². The third-order valence-corrected chi connectivity index (χ3v) is 6.99. The quantitative estimate of drug-likeness (QED) is 0.559. The zero-order chi connectivity index (χ0) is 25.2. The molecule has 2 aliphatic rings. The maximum absolute atomic E-state index is 13.1. The summed E-state index contributed by atoms with van der Waals surface area (Å²) in [7, 11) is 3.97. The van der Waals surface area contributed by atoms with Crippen molar-refractivity contribution >= 4 is 23.3 Å². The number of likely N-dealkylation sites (N-methyl/N-ethyl adjacent to an activating group) is 1. The minimum atomic E-state index is -0.290. The summed E-state index contributed by atoms with van der Waals surface area (Å²) in [6.45, 7) is 5.10. The van der Waals surface area contributed by atoms with Gasteiger partial charge in [0.25, 0.3) is 11.8 Å². The van der Waals surface area contributed by atoms with Crippen LogP contribution in [0.15, 0.2) is 48.9 Å². The second-order valence-corrected chi connectivity index (χ2v) is 9.61. The van der Waals surface area contributed by atoms with Gasteiger partial charge in [0, 0.05) is 87.1 Å². The number of hydrogen-bond acceptors (Lipinski definition) is 7. The highest BCUT2D eigenvalue weighted by molar-refractivity contribution is 6.00. The molecular formula is C26H32N8O2. The molecule has 10 heteroatoms. The Morgan fingerprint density at radius 1 is 1.00 bits per heavy atom. The number of rotatable bonds is 5. The summed E-state index contributed by atoms with van der Waals surface area (Å²) in [5, 5.41) is 7.20. The monoisotopic (exact) mass is 488 g/mol. The van der Waals surface area contributed by atoms with Gasteiger partial charge in [0.1, 0.15) is 5.82 Å². The summed E-state index contributed by atoms with van der Waals surface area (Å²) in [5.41, 5.74) is 9.76. The first-order valence-corrected chi connectivity index (χ1v) is 12.3. The van der Waals surface area contributed by atoms with Crippen LogP contribution in [0.4, 0.5) is 11.5 Å². The Hall–Kier alpha value is -3.92. The van der Waals surface area contributed by atoms with Gasteiger partial charge in [-0.2, -0.15) is 5.10 Å². The van der Waals surface area contributed by atoms with E-state index >= 15 is 0 Å². The minimum absolute atomic E-state index is 0.0172. The lowest BCUT2D eigenvalue weighted by molar-refractivity contribution is 0.0783. The SMILES string of the molecule is CN1CCN(c2ccc(C(=O)N3CC[C@@H](NC(=O)c4cc(-c5cnn(C)c5)cnc4N)C3)cc2)CC1. The smallest absolute Gasteiger partial charge is 0.255 e. The molecule has 0 spiro atoms. The van der Waals surface area contributed by atoms with Crippen molar-refractivity contribution in [1.29, 1.82) is 0 Å². The molecule has 10 nitrogen and oxygen atoms in total. The predicted molar refractivity (Wildman–Crippen MR) is 139 cm³/mol. The van der Waals surface area contributed by atoms with Gasteiger partial charge in [-0.15, -0.1) is 0 Å². The molecule has 0 saturated carbocycles. The molecule has 0 aliphatic carbocycles. The molecule has 5 rings (SSSR count). The predicted octanol–water partition coefficient (Wildman–Crippen LogP) is 1.46. The van der Waals surface area contributed by atoms with Gasteiger partial charge in [0.2, 0.25) is 0 Å². The van der Waals surface area contributed by atoms with Gasteiger partial charge in [-0.3, -0.25) is 14.3 Å². The molecule has 1 aromatic carbocycles. The Labute approximate surface area is 210 Å². The van der Waals surface area contributed by atoms with E-state index in [0.717, 1.165) is 43.0 Å². The third-order valence-electron chi connectivity index (χ3n) is 6.99. The molecule has 1 atom stereocenters. The largest absolute Gasteiger partial charge is 0.383 e.